The van der Waals surface area contributed by atoms with Gasteiger partial charge in [-0.15, -0.1) is 0 Å². The Balaban J connectivity index is 0. The predicted molar refractivity (Wildman–Crippen MR) is 43.2 cm³/mol. The molecule has 0 aliphatic heterocycles. The molecule has 0 radical (unpaired) electrons. The Bertz CT molecular complexity index is 212. The molecule has 56 valence electrons. The fourth-order valence-corrected chi connectivity index (χ4v) is 0.891. The molecule has 1 aromatic carbocycles. The summed E-state index contributed by atoms with van der Waals surface area (Å²) >= 11 is 10.8. The van der Waals surface area contributed by atoms with E-state index >= 15 is 0 Å². The zero-order valence-corrected chi connectivity index (χ0v) is 10.7. The first-order chi connectivity index (χ1) is 4.61. The molecule has 0 aromatic heterocycles. The van der Waals surface area contributed by atoms with Gasteiger partial charge in [-0.1, -0.05) is 53.5 Å². The minimum Gasteiger partial charge on any atom is -1.00 e. The van der Waals surface area contributed by atoms with Gasteiger partial charge in [-0.3, -0.25) is 0 Å². The predicted octanol–water partition coefficient (Wildman–Crippen LogP) is -0.617. The van der Waals surface area contributed by atoms with Crippen molar-refractivity contribution in [2.45, 2.75) is 4.52 Å². The number of alkyl halides is 2. The van der Waals surface area contributed by atoms with Crippen molar-refractivity contribution < 1.29 is 57.9 Å². The molecule has 0 aliphatic carbocycles. The molecule has 0 aliphatic rings. The van der Waals surface area contributed by atoms with Crippen LogP contribution < -0.4 is 51.4 Å². The summed E-state index contributed by atoms with van der Waals surface area (Å²) in [5.74, 6) is 0. The van der Waals surface area contributed by atoms with Gasteiger partial charge in [0.15, 0.2) is 0 Å². The van der Waals surface area contributed by atoms with Gasteiger partial charge in [0.05, 0.1) is 0 Å². The summed E-state index contributed by atoms with van der Waals surface area (Å²) < 4.78 is -1.76. The number of aliphatic hydroxyl groups is 1. The summed E-state index contributed by atoms with van der Waals surface area (Å²) in [6.07, 6.45) is 0. The van der Waals surface area contributed by atoms with E-state index in [0.29, 0.717) is 5.56 Å². The quantitative estimate of drug-likeness (QED) is 0.491. The number of rotatable bonds is 1. The average molecular weight is 217 g/mol. The summed E-state index contributed by atoms with van der Waals surface area (Å²) in [5, 5.41) is 9.02. The standard InChI is InChI=1S/C7H6Cl2O.K.H/c8-7(9,10)6-4-2-1-3-5-6;;/h1-5,10H;;/q;+1;-1. The number of hydrogen-bond acceptors (Lipinski definition) is 1. The minimum atomic E-state index is -1.76. The van der Waals surface area contributed by atoms with Gasteiger partial charge < -0.3 is 6.53 Å². The molecule has 4 heteroatoms. The van der Waals surface area contributed by atoms with Gasteiger partial charge in [0.2, 0.25) is 4.52 Å². The van der Waals surface area contributed by atoms with Gasteiger partial charge in [0.25, 0.3) is 0 Å². The Morgan fingerprint density at radius 1 is 1.18 bits per heavy atom. The second-order valence-corrected chi connectivity index (χ2v) is 3.19. The molecular formula is C7H7Cl2KO. The molecule has 0 bridgehead atoms. The molecule has 0 fully saturated rings. The first-order valence-corrected chi connectivity index (χ1v) is 3.52. The summed E-state index contributed by atoms with van der Waals surface area (Å²) in [7, 11) is 0. The normalized spacial score (nSPS) is 10.5. The van der Waals surface area contributed by atoms with Gasteiger partial charge >= 0.3 is 51.4 Å². The van der Waals surface area contributed by atoms with Crippen LogP contribution in [-0.4, -0.2) is 5.11 Å². The van der Waals surface area contributed by atoms with Crippen molar-refractivity contribution in [3.05, 3.63) is 35.9 Å². The molecule has 1 N–H and O–H groups in total. The third-order valence-corrected chi connectivity index (χ3v) is 1.56. The zero-order valence-electron chi connectivity index (χ0n) is 7.09. The smallest absolute Gasteiger partial charge is 1.00 e. The molecular weight excluding hydrogens is 210 g/mol. The van der Waals surface area contributed by atoms with Crippen LogP contribution >= 0.6 is 23.2 Å². The van der Waals surface area contributed by atoms with Gasteiger partial charge in [-0.25, -0.2) is 0 Å². The molecule has 0 spiro atoms. The maximum Gasteiger partial charge on any atom is 1.00 e. The van der Waals surface area contributed by atoms with Crippen LogP contribution in [0.15, 0.2) is 30.3 Å². The van der Waals surface area contributed by atoms with Gasteiger partial charge in [0, 0.05) is 5.56 Å². The van der Waals surface area contributed by atoms with E-state index in [1.807, 2.05) is 6.07 Å². The molecule has 0 saturated heterocycles. The summed E-state index contributed by atoms with van der Waals surface area (Å²) in [5.41, 5.74) is 0.485. The van der Waals surface area contributed by atoms with E-state index in [-0.39, 0.29) is 52.8 Å². The van der Waals surface area contributed by atoms with Crippen molar-refractivity contribution in [1.82, 2.24) is 0 Å². The van der Waals surface area contributed by atoms with E-state index in [2.05, 4.69) is 0 Å². The molecule has 0 heterocycles. The topological polar surface area (TPSA) is 20.2 Å². The van der Waals surface area contributed by atoms with Crippen LogP contribution in [0.4, 0.5) is 0 Å². The minimum absolute atomic E-state index is 0. The van der Waals surface area contributed by atoms with Crippen molar-refractivity contribution >= 4 is 23.2 Å². The molecule has 1 nitrogen and oxygen atoms in total. The van der Waals surface area contributed by atoms with Crippen molar-refractivity contribution in [1.29, 1.82) is 0 Å². The maximum absolute atomic E-state index is 9.02. The van der Waals surface area contributed by atoms with Crippen molar-refractivity contribution in [3.63, 3.8) is 0 Å². The van der Waals surface area contributed by atoms with Crippen LogP contribution in [-0.2, 0) is 4.52 Å². The van der Waals surface area contributed by atoms with E-state index in [0.717, 1.165) is 0 Å². The third-order valence-electron chi connectivity index (χ3n) is 1.12. The van der Waals surface area contributed by atoms with Crippen LogP contribution in [0.2, 0.25) is 0 Å². The Hall–Kier alpha value is 1.40. The number of benzene rings is 1. The Kier molecular flexibility index (Phi) is 5.86. The van der Waals surface area contributed by atoms with Crippen molar-refractivity contribution in [2.75, 3.05) is 0 Å². The first-order valence-electron chi connectivity index (χ1n) is 2.76. The van der Waals surface area contributed by atoms with Crippen molar-refractivity contribution in [2.24, 2.45) is 0 Å². The fourth-order valence-electron chi connectivity index (χ4n) is 0.639. The summed E-state index contributed by atoms with van der Waals surface area (Å²) in [6.45, 7) is 0. The van der Waals surface area contributed by atoms with Crippen LogP contribution in [0.3, 0.4) is 0 Å². The second-order valence-electron chi connectivity index (χ2n) is 1.91. The van der Waals surface area contributed by atoms with E-state index in [1.54, 1.807) is 24.3 Å². The zero-order chi connectivity index (χ0) is 7.61. The SMILES string of the molecule is OC(Cl)(Cl)c1ccccc1.[H-].[K+]. The Morgan fingerprint density at radius 2 is 1.64 bits per heavy atom. The molecule has 0 amide bonds. The molecule has 1 rings (SSSR count). The van der Waals surface area contributed by atoms with E-state index in [9.17, 15) is 0 Å². The molecule has 0 unspecified atom stereocenters. The van der Waals surface area contributed by atoms with Crippen LogP contribution in [0.1, 0.15) is 6.99 Å². The number of hydrogen-bond donors (Lipinski definition) is 1. The maximum atomic E-state index is 9.02. The largest absolute Gasteiger partial charge is 1.00 e. The summed E-state index contributed by atoms with van der Waals surface area (Å²) in [4.78, 5) is 0. The van der Waals surface area contributed by atoms with Crippen molar-refractivity contribution in [3.8, 4) is 0 Å². The molecule has 1 aromatic rings. The van der Waals surface area contributed by atoms with E-state index in [1.165, 1.54) is 0 Å². The van der Waals surface area contributed by atoms with Crippen LogP contribution in [0, 0.1) is 0 Å². The molecule has 11 heavy (non-hydrogen) atoms. The second kappa shape index (κ2) is 5.20. The molecule has 0 saturated carbocycles. The Morgan fingerprint density at radius 3 is 1.91 bits per heavy atom. The fraction of sp³-hybridized carbons (Fsp3) is 0.143. The van der Waals surface area contributed by atoms with E-state index in [4.69, 9.17) is 28.3 Å². The van der Waals surface area contributed by atoms with E-state index < -0.39 is 4.52 Å². The van der Waals surface area contributed by atoms with Gasteiger partial charge in [-0.05, 0) is 0 Å². The first kappa shape index (κ1) is 12.4. The number of halogens is 2. The van der Waals surface area contributed by atoms with Crippen LogP contribution in [0.5, 0.6) is 0 Å². The summed E-state index contributed by atoms with van der Waals surface area (Å²) in [6, 6.07) is 8.64. The van der Waals surface area contributed by atoms with Gasteiger partial charge in [0.1, 0.15) is 0 Å². The monoisotopic (exact) mass is 216 g/mol. The average Bonchev–Trinajstić information content (AvgIpc) is 1.88. The van der Waals surface area contributed by atoms with Gasteiger partial charge in [-0.2, -0.15) is 0 Å². The Labute approximate surface area is 120 Å². The third kappa shape index (κ3) is 4.24. The molecule has 0 atom stereocenters. The van der Waals surface area contributed by atoms with Crippen LogP contribution in [0.25, 0.3) is 0 Å².